The second-order valence-electron chi connectivity index (χ2n) is 7.18. The predicted octanol–water partition coefficient (Wildman–Crippen LogP) is 3.92. The number of esters is 1. The van der Waals surface area contributed by atoms with Gasteiger partial charge in [0.25, 0.3) is 11.8 Å². The summed E-state index contributed by atoms with van der Waals surface area (Å²) in [5.74, 6) is -1.53. The number of hydrogen-bond donors (Lipinski definition) is 0. The smallest absolute Gasteiger partial charge is 0.338 e. The third-order valence-electron chi connectivity index (χ3n) is 5.16. The Morgan fingerprint density at radius 1 is 0.812 bits per heavy atom. The average Bonchev–Trinajstić information content (AvgIpc) is 3.08. The summed E-state index contributed by atoms with van der Waals surface area (Å²) >= 11 is 0. The molecular formula is C25H19NO6. The quantitative estimate of drug-likeness (QED) is 0.335. The number of hydrogen-bond acceptors (Lipinski definition) is 6. The first kappa shape index (κ1) is 21.0. The van der Waals surface area contributed by atoms with Crippen LogP contribution < -0.4 is 9.64 Å². The fourth-order valence-corrected chi connectivity index (χ4v) is 3.45. The molecule has 1 aliphatic heterocycles. The Labute approximate surface area is 184 Å². The lowest BCUT2D eigenvalue weighted by Gasteiger charge is -2.14. The lowest BCUT2D eigenvalue weighted by atomic mass is 10.1. The van der Waals surface area contributed by atoms with Crippen LogP contribution in [0.25, 0.3) is 0 Å². The number of imide groups is 1. The summed E-state index contributed by atoms with van der Waals surface area (Å²) in [5.41, 5.74) is 1.19. The summed E-state index contributed by atoms with van der Waals surface area (Å²) in [5, 5.41) is 0. The molecule has 1 aliphatic rings. The summed E-state index contributed by atoms with van der Waals surface area (Å²) in [6, 6.07) is 19.1. The van der Waals surface area contributed by atoms with E-state index in [2.05, 4.69) is 0 Å². The Bertz CT molecular complexity index is 1220. The number of nitrogens with zero attached hydrogens (tertiary/aromatic N) is 1. The number of benzene rings is 3. The first-order chi connectivity index (χ1) is 15.4. The molecule has 1 atom stereocenters. The molecule has 0 spiro atoms. The summed E-state index contributed by atoms with van der Waals surface area (Å²) < 4.78 is 10.4. The lowest BCUT2D eigenvalue weighted by molar-refractivity contribution is 0.0318. The molecule has 3 aromatic rings. The Balaban J connectivity index is 1.54. The minimum absolute atomic E-state index is 0.0780. The fourth-order valence-electron chi connectivity index (χ4n) is 3.45. The van der Waals surface area contributed by atoms with Crippen molar-refractivity contribution in [2.75, 3.05) is 12.0 Å². The van der Waals surface area contributed by atoms with Crippen LogP contribution in [-0.4, -0.2) is 36.8 Å². The first-order valence-electron chi connectivity index (χ1n) is 9.88. The molecule has 0 aliphatic carbocycles. The molecule has 160 valence electrons. The van der Waals surface area contributed by atoms with Gasteiger partial charge in [0.1, 0.15) is 5.75 Å². The third kappa shape index (κ3) is 3.76. The molecule has 0 saturated heterocycles. The van der Waals surface area contributed by atoms with Crippen molar-refractivity contribution in [3.63, 3.8) is 0 Å². The summed E-state index contributed by atoms with van der Waals surface area (Å²) in [4.78, 5) is 51.8. The Kier molecular flexibility index (Phi) is 5.55. The molecule has 0 saturated carbocycles. The van der Waals surface area contributed by atoms with Crippen molar-refractivity contribution >= 4 is 29.3 Å². The second kappa shape index (κ2) is 8.47. The molecule has 7 nitrogen and oxygen atoms in total. The number of carbonyl (C=O) groups excluding carboxylic acids is 4. The molecule has 0 radical (unpaired) electrons. The van der Waals surface area contributed by atoms with Gasteiger partial charge in [0.05, 0.1) is 29.5 Å². The molecule has 7 heteroatoms. The van der Waals surface area contributed by atoms with Gasteiger partial charge < -0.3 is 9.47 Å². The van der Waals surface area contributed by atoms with Crippen molar-refractivity contribution in [2.45, 2.75) is 13.0 Å². The largest absolute Gasteiger partial charge is 0.497 e. The minimum atomic E-state index is -1.01. The monoisotopic (exact) mass is 429 g/mol. The zero-order valence-corrected chi connectivity index (χ0v) is 17.4. The maximum absolute atomic E-state index is 12.9. The molecule has 0 aromatic heterocycles. The normalized spacial score (nSPS) is 13.5. The number of amides is 2. The van der Waals surface area contributed by atoms with Crippen LogP contribution in [0.1, 0.15) is 48.4 Å². The number of rotatable bonds is 6. The number of methoxy groups -OCH3 is 1. The predicted molar refractivity (Wildman–Crippen MR) is 116 cm³/mol. The van der Waals surface area contributed by atoms with Crippen molar-refractivity contribution in [1.82, 2.24) is 0 Å². The van der Waals surface area contributed by atoms with Crippen LogP contribution in [0.2, 0.25) is 0 Å². The molecule has 3 aromatic carbocycles. The zero-order valence-electron chi connectivity index (χ0n) is 17.4. The maximum atomic E-state index is 12.9. The van der Waals surface area contributed by atoms with E-state index >= 15 is 0 Å². The van der Waals surface area contributed by atoms with E-state index in [-0.39, 0.29) is 22.5 Å². The number of fused-ring (bicyclic) bond motifs is 1. The summed E-state index contributed by atoms with van der Waals surface area (Å²) in [6.45, 7) is 1.49. The molecule has 0 bridgehead atoms. The Morgan fingerprint density at radius 2 is 1.47 bits per heavy atom. The maximum Gasteiger partial charge on any atom is 0.338 e. The van der Waals surface area contributed by atoms with Crippen molar-refractivity contribution in [3.05, 3.63) is 95.1 Å². The SMILES string of the molecule is COc1ccc(N2C(=O)c3ccc(C(=O)OC(C)C(=O)c4ccccc4)cc3C2=O)cc1. The van der Waals surface area contributed by atoms with Crippen LogP contribution in [-0.2, 0) is 4.74 Å². The van der Waals surface area contributed by atoms with Gasteiger partial charge in [-0.2, -0.15) is 0 Å². The van der Waals surface area contributed by atoms with Crippen LogP contribution in [0.5, 0.6) is 5.75 Å². The van der Waals surface area contributed by atoms with E-state index in [4.69, 9.17) is 9.47 Å². The van der Waals surface area contributed by atoms with Crippen LogP contribution in [0.4, 0.5) is 5.69 Å². The molecule has 2 amide bonds. The Morgan fingerprint density at radius 3 is 2.12 bits per heavy atom. The van der Waals surface area contributed by atoms with Crippen LogP contribution >= 0.6 is 0 Å². The molecule has 4 rings (SSSR count). The van der Waals surface area contributed by atoms with Gasteiger partial charge in [0.15, 0.2) is 6.10 Å². The standard InChI is InChI=1S/C25H19NO6/c1-15(22(27)16-6-4-3-5-7-16)32-25(30)17-8-13-20-21(14-17)24(29)26(23(20)28)18-9-11-19(31-2)12-10-18/h3-15H,1-2H3. The number of Topliss-reactive ketones (excluding diaryl/α,β-unsaturated/α-hetero) is 1. The minimum Gasteiger partial charge on any atom is -0.497 e. The van der Waals surface area contributed by atoms with Crippen LogP contribution in [0.15, 0.2) is 72.8 Å². The Hall–Kier alpha value is -4.26. The number of carbonyl (C=O) groups is 4. The van der Waals surface area contributed by atoms with Crippen LogP contribution in [0, 0.1) is 0 Å². The molecule has 1 unspecified atom stereocenters. The number of ketones is 1. The van der Waals surface area contributed by atoms with Gasteiger partial charge >= 0.3 is 5.97 Å². The highest BCUT2D eigenvalue weighted by Crippen LogP contribution is 2.30. The lowest BCUT2D eigenvalue weighted by Crippen LogP contribution is -2.29. The molecule has 0 fully saturated rings. The van der Waals surface area contributed by atoms with Crippen molar-refractivity contribution in [2.24, 2.45) is 0 Å². The van der Waals surface area contributed by atoms with Crippen molar-refractivity contribution < 1.29 is 28.7 Å². The number of ether oxygens (including phenoxy) is 2. The summed E-state index contributed by atoms with van der Waals surface area (Å²) in [6.07, 6.45) is -1.01. The molecule has 1 heterocycles. The van der Waals surface area contributed by atoms with Gasteiger partial charge in [0, 0.05) is 5.56 Å². The zero-order chi connectivity index (χ0) is 22.8. The number of anilines is 1. The van der Waals surface area contributed by atoms with Gasteiger partial charge in [-0.3, -0.25) is 14.4 Å². The highest BCUT2D eigenvalue weighted by atomic mass is 16.5. The van der Waals surface area contributed by atoms with E-state index in [0.29, 0.717) is 17.0 Å². The molecule has 32 heavy (non-hydrogen) atoms. The van der Waals surface area contributed by atoms with E-state index in [0.717, 1.165) is 4.90 Å². The van der Waals surface area contributed by atoms with Gasteiger partial charge in [-0.15, -0.1) is 0 Å². The van der Waals surface area contributed by atoms with Gasteiger partial charge in [-0.05, 0) is 49.4 Å². The van der Waals surface area contributed by atoms with Crippen molar-refractivity contribution in [3.8, 4) is 5.75 Å². The topological polar surface area (TPSA) is 90.0 Å². The van der Waals surface area contributed by atoms with Gasteiger partial charge in [-0.25, -0.2) is 9.69 Å². The van der Waals surface area contributed by atoms with E-state index in [1.165, 1.54) is 32.2 Å². The van der Waals surface area contributed by atoms with Crippen molar-refractivity contribution in [1.29, 1.82) is 0 Å². The van der Waals surface area contributed by atoms with Crippen LogP contribution in [0.3, 0.4) is 0 Å². The molecular weight excluding hydrogens is 410 g/mol. The molecule has 0 N–H and O–H groups in total. The van der Waals surface area contributed by atoms with E-state index in [9.17, 15) is 19.2 Å². The second-order valence-corrected chi connectivity index (χ2v) is 7.18. The van der Waals surface area contributed by atoms with E-state index < -0.39 is 23.9 Å². The fraction of sp³-hybridized carbons (Fsp3) is 0.120. The average molecular weight is 429 g/mol. The highest BCUT2D eigenvalue weighted by molar-refractivity contribution is 6.34. The first-order valence-corrected chi connectivity index (χ1v) is 9.88. The van der Waals surface area contributed by atoms with Gasteiger partial charge in [-0.1, -0.05) is 30.3 Å². The van der Waals surface area contributed by atoms with E-state index in [1.807, 2.05) is 0 Å². The van der Waals surface area contributed by atoms with Gasteiger partial charge in [0.2, 0.25) is 5.78 Å². The highest BCUT2D eigenvalue weighted by Gasteiger charge is 2.37. The van der Waals surface area contributed by atoms with E-state index in [1.54, 1.807) is 54.6 Å². The summed E-state index contributed by atoms with van der Waals surface area (Å²) in [7, 11) is 1.52. The third-order valence-corrected chi connectivity index (χ3v) is 5.16.